The van der Waals surface area contributed by atoms with Gasteiger partial charge in [0.15, 0.2) is 5.75 Å². The number of hydrogen-bond donors (Lipinski definition) is 3. The van der Waals surface area contributed by atoms with Crippen LogP contribution in [0, 0.1) is 5.92 Å². The van der Waals surface area contributed by atoms with Crippen molar-refractivity contribution in [3.8, 4) is 27.6 Å². The first-order valence-electron chi connectivity index (χ1n) is 12.7. The number of nitrogens with zero attached hydrogens (tertiary/aromatic N) is 2. The second kappa shape index (κ2) is 12.7. The molecule has 0 aliphatic rings. The molecular weight excluding hydrogens is 594 g/mol. The molecule has 4 rings (SSSR count). The van der Waals surface area contributed by atoms with Crippen LogP contribution in [0.3, 0.4) is 0 Å². The fraction of sp³-hybridized carbons (Fsp3) is 0.259. The van der Waals surface area contributed by atoms with Gasteiger partial charge in [0.2, 0.25) is 5.91 Å². The molecule has 0 fully saturated rings. The fourth-order valence-corrected chi connectivity index (χ4v) is 5.93. The smallest absolute Gasteiger partial charge is 0.426 e. The fourth-order valence-electron chi connectivity index (χ4n) is 4.19. The summed E-state index contributed by atoms with van der Waals surface area (Å²) < 4.78 is 72.2. The number of nitrogens with one attached hydrogen (secondary N) is 1. The van der Waals surface area contributed by atoms with E-state index in [0.29, 0.717) is 18.2 Å². The molecule has 0 saturated heterocycles. The van der Waals surface area contributed by atoms with E-state index in [-0.39, 0.29) is 29.5 Å². The Hall–Kier alpha value is -3.66. The number of carbonyl (C=O) groups excluding carboxylic acids is 1. The predicted molar refractivity (Wildman–Crippen MR) is 152 cm³/mol. The summed E-state index contributed by atoms with van der Waals surface area (Å²) in [6, 6.07) is 14.5. The minimum atomic E-state index is -4.75. The summed E-state index contributed by atoms with van der Waals surface area (Å²) >= 11 is 1.38. The van der Waals surface area contributed by atoms with Crippen LogP contribution in [-0.2, 0) is 27.6 Å². The van der Waals surface area contributed by atoms with E-state index in [4.69, 9.17) is 4.18 Å². The molecule has 0 aliphatic carbocycles. The van der Waals surface area contributed by atoms with Crippen molar-refractivity contribution in [1.82, 2.24) is 15.1 Å². The van der Waals surface area contributed by atoms with Gasteiger partial charge >= 0.3 is 23.4 Å². The Morgan fingerprint density at radius 1 is 1.10 bits per heavy atom. The minimum Gasteiger partial charge on any atom is -0.426 e. The van der Waals surface area contributed by atoms with Crippen molar-refractivity contribution in [2.75, 3.05) is 0 Å². The van der Waals surface area contributed by atoms with Crippen LogP contribution < -0.4 is 9.50 Å². The number of halogens is 3. The van der Waals surface area contributed by atoms with Crippen LogP contribution in [0.2, 0.25) is 0 Å². The quantitative estimate of drug-likeness (QED) is 0.165. The lowest BCUT2D eigenvalue weighted by atomic mass is 9.75. The Balaban J connectivity index is 1.67. The molecule has 0 radical (unpaired) electrons. The highest BCUT2D eigenvalue weighted by Crippen LogP contribution is 2.36. The number of benzene rings is 2. The molecule has 222 valence electrons. The highest BCUT2D eigenvalue weighted by molar-refractivity contribution is 7.87. The maximum Gasteiger partial charge on any atom is 0.475 e. The number of thiophene rings is 1. The summed E-state index contributed by atoms with van der Waals surface area (Å²) in [6.45, 7) is 3.46. The third kappa shape index (κ3) is 7.59. The minimum absolute atomic E-state index is 0.0822. The summed E-state index contributed by atoms with van der Waals surface area (Å²) in [5.74, 6) is -1.52. The Kier molecular flexibility index (Phi) is 9.45. The van der Waals surface area contributed by atoms with Gasteiger partial charge in [-0.25, -0.2) is 0 Å². The summed E-state index contributed by atoms with van der Waals surface area (Å²) in [5.41, 5.74) is -0.159. The molecule has 0 spiro atoms. The van der Waals surface area contributed by atoms with Crippen molar-refractivity contribution in [2.24, 2.45) is 5.92 Å². The summed E-state index contributed by atoms with van der Waals surface area (Å²) in [5, 5.41) is 28.3. The zero-order chi connectivity index (χ0) is 30.7. The van der Waals surface area contributed by atoms with Crippen LogP contribution in [0.25, 0.3) is 21.8 Å². The Labute approximate surface area is 244 Å². The molecule has 2 aromatic carbocycles. The number of rotatable bonds is 11. The van der Waals surface area contributed by atoms with Crippen molar-refractivity contribution in [2.45, 2.75) is 43.8 Å². The van der Waals surface area contributed by atoms with Gasteiger partial charge in [-0.1, -0.05) is 38.1 Å². The van der Waals surface area contributed by atoms with E-state index in [1.54, 1.807) is 24.3 Å². The molecule has 1 amide bonds. The third-order valence-corrected chi connectivity index (χ3v) is 8.21. The van der Waals surface area contributed by atoms with Gasteiger partial charge in [0, 0.05) is 5.56 Å². The maximum absolute atomic E-state index is 13.2. The van der Waals surface area contributed by atoms with Crippen molar-refractivity contribution in [3.05, 3.63) is 77.7 Å². The SMILES string of the molecule is CC(C)CC(NC(=O)Cn1nc(-c2ccccc2OS(=O)(=O)c2cccc(C(F)(F)F)c2)cc1-c1cccs1)B(O)O. The molecule has 0 saturated carbocycles. The van der Waals surface area contributed by atoms with Gasteiger partial charge < -0.3 is 19.5 Å². The molecule has 3 N–H and O–H groups in total. The average Bonchev–Trinajstić information content (AvgIpc) is 3.58. The van der Waals surface area contributed by atoms with Gasteiger partial charge in [-0.15, -0.1) is 11.3 Å². The van der Waals surface area contributed by atoms with Crippen molar-refractivity contribution >= 4 is 34.5 Å². The number of aromatic nitrogens is 2. The van der Waals surface area contributed by atoms with E-state index in [1.165, 1.54) is 34.2 Å². The van der Waals surface area contributed by atoms with Crippen LogP contribution in [0.4, 0.5) is 13.2 Å². The molecule has 0 bridgehead atoms. The number of hydrogen-bond acceptors (Lipinski definition) is 8. The molecule has 1 unspecified atom stereocenters. The van der Waals surface area contributed by atoms with E-state index >= 15 is 0 Å². The van der Waals surface area contributed by atoms with Gasteiger partial charge in [0.1, 0.15) is 11.4 Å². The topological polar surface area (TPSA) is 131 Å². The van der Waals surface area contributed by atoms with Crippen LogP contribution in [0.15, 0.2) is 77.0 Å². The molecule has 2 heterocycles. The number of alkyl halides is 3. The van der Waals surface area contributed by atoms with E-state index < -0.39 is 45.7 Å². The van der Waals surface area contributed by atoms with Crippen LogP contribution in [-0.4, -0.2) is 47.2 Å². The Bertz CT molecular complexity index is 1640. The van der Waals surface area contributed by atoms with Gasteiger partial charge in [0.25, 0.3) is 0 Å². The molecule has 0 aliphatic heterocycles. The number of para-hydroxylation sites is 1. The Morgan fingerprint density at radius 2 is 1.83 bits per heavy atom. The lowest BCUT2D eigenvalue weighted by Crippen LogP contribution is -2.48. The average molecular weight is 621 g/mol. The highest BCUT2D eigenvalue weighted by atomic mass is 32.2. The van der Waals surface area contributed by atoms with Crippen molar-refractivity contribution in [3.63, 3.8) is 0 Å². The standard InChI is InChI=1S/C27H27BF3N3O6S2/c1-17(2)13-25(28(36)37)32-26(35)16-34-22(24-11-6-12-41-24)15-21(33-34)20-9-3-4-10-23(20)40-42(38,39)19-8-5-7-18(14-19)27(29,30)31/h3-12,14-15,17,25,36-37H,13,16H2,1-2H3,(H,32,35). The monoisotopic (exact) mass is 621 g/mol. The zero-order valence-corrected chi connectivity index (χ0v) is 24.1. The molecule has 2 aromatic heterocycles. The number of carbonyl (C=O) groups is 1. The molecule has 4 aromatic rings. The third-order valence-electron chi connectivity index (χ3n) is 6.09. The van der Waals surface area contributed by atoms with Crippen LogP contribution >= 0.6 is 11.3 Å². The van der Waals surface area contributed by atoms with E-state index in [2.05, 4.69) is 10.4 Å². The normalized spacial score (nSPS) is 12.8. The highest BCUT2D eigenvalue weighted by Gasteiger charge is 2.32. The number of amides is 1. The molecule has 42 heavy (non-hydrogen) atoms. The lowest BCUT2D eigenvalue weighted by molar-refractivity contribution is -0.137. The summed E-state index contributed by atoms with van der Waals surface area (Å²) in [4.78, 5) is 13.0. The van der Waals surface area contributed by atoms with Gasteiger partial charge in [0.05, 0.1) is 27.8 Å². The van der Waals surface area contributed by atoms with Gasteiger partial charge in [-0.3, -0.25) is 9.48 Å². The zero-order valence-electron chi connectivity index (χ0n) is 22.4. The van der Waals surface area contributed by atoms with Crippen molar-refractivity contribution < 1.29 is 40.6 Å². The predicted octanol–water partition coefficient (Wildman–Crippen LogP) is 4.61. The first-order chi connectivity index (χ1) is 19.7. The van der Waals surface area contributed by atoms with Crippen LogP contribution in [0.1, 0.15) is 25.8 Å². The molecule has 9 nitrogen and oxygen atoms in total. The largest absolute Gasteiger partial charge is 0.475 e. The second-order valence-corrected chi connectivity index (χ2v) is 12.3. The van der Waals surface area contributed by atoms with E-state index in [1.807, 2.05) is 19.2 Å². The second-order valence-electron chi connectivity index (χ2n) is 9.83. The molecular formula is C27H27BF3N3O6S2. The van der Waals surface area contributed by atoms with Crippen LogP contribution in [0.5, 0.6) is 5.75 Å². The van der Waals surface area contributed by atoms with E-state index in [9.17, 15) is 36.4 Å². The summed E-state index contributed by atoms with van der Waals surface area (Å²) in [6.07, 6.45) is -4.42. The first kappa shape index (κ1) is 31.3. The van der Waals surface area contributed by atoms with Crippen molar-refractivity contribution in [1.29, 1.82) is 0 Å². The first-order valence-corrected chi connectivity index (χ1v) is 15.0. The lowest BCUT2D eigenvalue weighted by Gasteiger charge is -2.19. The van der Waals surface area contributed by atoms with E-state index in [0.717, 1.165) is 23.1 Å². The summed E-state index contributed by atoms with van der Waals surface area (Å²) in [7, 11) is -6.43. The van der Waals surface area contributed by atoms with Gasteiger partial charge in [-0.2, -0.15) is 26.7 Å². The van der Waals surface area contributed by atoms with Gasteiger partial charge in [-0.05, 0) is 60.2 Å². The maximum atomic E-state index is 13.2. The molecule has 1 atom stereocenters. The Morgan fingerprint density at radius 3 is 2.48 bits per heavy atom. The molecule has 15 heteroatoms.